The van der Waals surface area contributed by atoms with Crippen molar-refractivity contribution in [3.8, 4) is 11.5 Å². The number of methoxy groups -OCH3 is 2. The number of hydrogen-bond acceptors (Lipinski definition) is 6. The molecule has 0 bridgehead atoms. The van der Waals surface area contributed by atoms with E-state index in [0.29, 0.717) is 44.9 Å². The van der Waals surface area contributed by atoms with Crippen LogP contribution in [0.4, 0.5) is 0 Å². The Bertz CT molecular complexity index is 1520. The Morgan fingerprint density at radius 3 is 2.20 bits per heavy atom. The van der Waals surface area contributed by atoms with Crippen LogP contribution in [-0.4, -0.2) is 31.9 Å². The molecular weight excluding hydrogens is 468 g/mol. The molecule has 9 heteroatoms. The Kier molecular flexibility index (Phi) is 6.73. The molecule has 2 heterocycles. The number of pyridine rings is 1. The van der Waals surface area contributed by atoms with Gasteiger partial charge in [0.05, 0.1) is 37.4 Å². The second-order valence-electron chi connectivity index (χ2n) is 8.50. The Hall–Kier alpha value is -3.56. The van der Waals surface area contributed by atoms with Crippen LogP contribution in [0.2, 0.25) is 0 Å². The molecule has 0 unspecified atom stereocenters. The zero-order chi connectivity index (χ0) is 25.3. The van der Waals surface area contributed by atoms with Gasteiger partial charge >= 0.3 is 0 Å². The highest BCUT2D eigenvalue weighted by Gasteiger charge is 2.30. The minimum absolute atomic E-state index is 0.0223. The maximum absolute atomic E-state index is 13.9. The third kappa shape index (κ3) is 4.82. The van der Waals surface area contributed by atoms with Crippen LogP contribution in [0.5, 0.6) is 11.5 Å². The molecule has 0 saturated carbocycles. The minimum atomic E-state index is -3.97. The van der Waals surface area contributed by atoms with E-state index in [1.54, 1.807) is 44.2 Å². The van der Waals surface area contributed by atoms with Crippen molar-refractivity contribution >= 4 is 20.9 Å². The Morgan fingerprint density at radius 2 is 1.60 bits per heavy atom. The lowest BCUT2D eigenvalue weighted by Crippen LogP contribution is -2.33. The largest absolute Gasteiger partial charge is 0.493 e. The second kappa shape index (κ2) is 9.59. The summed E-state index contributed by atoms with van der Waals surface area (Å²) in [6, 6.07) is 12.2. The van der Waals surface area contributed by atoms with Crippen LogP contribution in [0.1, 0.15) is 28.0 Å². The van der Waals surface area contributed by atoms with Crippen LogP contribution in [-0.2, 0) is 23.1 Å². The average Bonchev–Trinajstić information content (AvgIpc) is 3.30. The van der Waals surface area contributed by atoms with Gasteiger partial charge in [0.15, 0.2) is 11.5 Å². The van der Waals surface area contributed by atoms with E-state index in [2.05, 4.69) is 4.98 Å². The number of nitrogens with zero attached hydrogens (tertiary/aromatic N) is 1. The predicted octanol–water partition coefficient (Wildman–Crippen LogP) is 4.45. The van der Waals surface area contributed by atoms with E-state index in [4.69, 9.17) is 13.9 Å². The molecule has 4 rings (SSSR count). The average molecular weight is 497 g/mol. The van der Waals surface area contributed by atoms with E-state index in [1.807, 2.05) is 19.1 Å². The van der Waals surface area contributed by atoms with Crippen molar-refractivity contribution in [2.75, 3.05) is 14.2 Å². The predicted molar refractivity (Wildman–Crippen MR) is 133 cm³/mol. The summed E-state index contributed by atoms with van der Waals surface area (Å²) in [7, 11) is -0.927. The highest BCUT2D eigenvalue weighted by molar-refractivity contribution is 7.89. The first-order valence-corrected chi connectivity index (χ1v) is 12.5. The number of hydrogen-bond donors (Lipinski definition) is 1. The van der Waals surface area contributed by atoms with Gasteiger partial charge in [0, 0.05) is 23.6 Å². The summed E-state index contributed by atoms with van der Waals surface area (Å²) in [5.74, 6) is 1.46. The van der Waals surface area contributed by atoms with E-state index in [1.165, 1.54) is 24.8 Å². The molecule has 2 aromatic heterocycles. The van der Waals surface area contributed by atoms with E-state index >= 15 is 0 Å². The molecule has 0 amide bonds. The maximum atomic E-state index is 13.9. The molecule has 0 aliphatic heterocycles. The summed E-state index contributed by atoms with van der Waals surface area (Å²) < 4.78 is 45.2. The van der Waals surface area contributed by atoms with Gasteiger partial charge in [-0.15, -0.1) is 0 Å². The number of benzene rings is 2. The van der Waals surface area contributed by atoms with E-state index in [0.717, 1.165) is 5.56 Å². The van der Waals surface area contributed by atoms with Crippen molar-refractivity contribution in [3.63, 3.8) is 0 Å². The maximum Gasteiger partial charge on any atom is 0.252 e. The standard InChI is InChI=1S/C26H28N2O6S/c1-16-9-17(2)25(18(3)10-16)35(30,31)28(15-21-7-6-8-34-21)14-20-11-19-12-23(32-4)24(33-5)13-22(19)27-26(20)29/h6-13H,14-15H2,1-5H3,(H,27,29). The molecule has 0 spiro atoms. The number of aromatic amines is 1. The van der Waals surface area contributed by atoms with Crippen LogP contribution >= 0.6 is 0 Å². The number of rotatable bonds is 8. The molecule has 0 radical (unpaired) electrons. The third-order valence-corrected chi connectivity index (χ3v) is 7.98. The van der Waals surface area contributed by atoms with Crippen LogP contribution in [0.15, 0.2) is 62.8 Å². The van der Waals surface area contributed by atoms with Crippen LogP contribution in [0.25, 0.3) is 10.9 Å². The number of aromatic nitrogens is 1. The molecule has 0 atom stereocenters. The monoisotopic (exact) mass is 496 g/mol. The van der Waals surface area contributed by atoms with Crippen molar-refractivity contribution < 1.29 is 22.3 Å². The van der Waals surface area contributed by atoms with Crippen LogP contribution in [0, 0.1) is 20.8 Å². The molecule has 0 aliphatic carbocycles. The Morgan fingerprint density at radius 1 is 0.943 bits per heavy atom. The first kappa shape index (κ1) is 24.6. The van der Waals surface area contributed by atoms with E-state index in [-0.39, 0.29) is 23.5 Å². The normalized spacial score (nSPS) is 11.8. The SMILES string of the molecule is COc1cc2cc(CN(Cc3ccco3)S(=O)(=O)c3c(C)cc(C)cc3C)c(=O)[nH]c2cc1OC. The fourth-order valence-electron chi connectivity index (χ4n) is 4.39. The molecular formula is C26H28N2O6S. The van der Waals surface area contributed by atoms with Gasteiger partial charge in [-0.05, 0) is 56.2 Å². The highest BCUT2D eigenvalue weighted by atomic mass is 32.2. The lowest BCUT2D eigenvalue weighted by Gasteiger charge is -2.24. The second-order valence-corrected chi connectivity index (χ2v) is 10.4. The molecule has 4 aromatic rings. The summed E-state index contributed by atoms with van der Waals surface area (Å²) in [6.45, 7) is 5.32. The number of nitrogens with one attached hydrogen (secondary N) is 1. The van der Waals surface area contributed by atoms with Gasteiger partial charge in [-0.1, -0.05) is 17.7 Å². The fourth-order valence-corrected chi connectivity index (χ4v) is 6.19. The Labute approximate surface area is 204 Å². The lowest BCUT2D eigenvalue weighted by atomic mass is 10.1. The molecule has 35 heavy (non-hydrogen) atoms. The smallest absolute Gasteiger partial charge is 0.252 e. The van der Waals surface area contributed by atoms with Crippen molar-refractivity contribution in [2.24, 2.45) is 0 Å². The van der Waals surface area contributed by atoms with Crippen LogP contribution < -0.4 is 15.0 Å². The summed E-state index contributed by atoms with van der Waals surface area (Å²) in [5.41, 5.74) is 2.74. The lowest BCUT2D eigenvalue weighted by molar-refractivity contribution is 0.355. The van der Waals surface area contributed by atoms with E-state index < -0.39 is 10.0 Å². The van der Waals surface area contributed by atoms with Gasteiger partial charge in [-0.25, -0.2) is 8.42 Å². The number of fused-ring (bicyclic) bond motifs is 1. The summed E-state index contributed by atoms with van der Waals surface area (Å²) in [6.07, 6.45) is 1.49. The number of H-pyrrole nitrogens is 1. The molecule has 0 aliphatic rings. The molecule has 8 nitrogen and oxygen atoms in total. The van der Waals surface area contributed by atoms with E-state index in [9.17, 15) is 13.2 Å². The quantitative estimate of drug-likeness (QED) is 0.387. The molecule has 1 N–H and O–H groups in total. The third-order valence-electron chi connectivity index (χ3n) is 5.89. The molecule has 184 valence electrons. The first-order chi connectivity index (χ1) is 16.6. The van der Waals surface area contributed by atoms with Gasteiger partial charge in [0.25, 0.3) is 5.56 Å². The van der Waals surface area contributed by atoms with Crippen molar-refractivity contribution in [2.45, 2.75) is 38.8 Å². The zero-order valence-electron chi connectivity index (χ0n) is 20.3. The zero-order valence-corrected chi connectivity index (χ0v) is 21.2. The van der Waals surface area contributed by atoms with Gasteiger partial charge in [0.2, 0.25) is 10.0 Å². The number of sulfonamides is 1. The Balaban J connectivity index is 1.83. The topological polar surface area (TPSA) is 102 Å². The number of aryl methyl sites for hydroxylation is 3. The summed E-state index contributed by atoms with van der Waals surface area (Å²) in [4.78, 5) is 16.1. The number of furan rings is 1. The molecule has 0 saturated heterocycles. The number of ether oxygens (including phenoxy) is 2. The van der Waals surface area contributed by atoms with Crippen molar-refractivity contribution in [1.29, 1.82) is 0 Å². The van der Waals surface area contributed by atoms with Crippen molar-refractivity contribution in [3.05, 3.63) is 87.1 Å². The summed E-state index contributed by atoms with van der Waals surface area (Å²) in [5, 5.41) is 0.690. The molecule has 2 aromatic carbocycles. The van der Waals surface area contributed by atoms with Gasteiger partial charge < -0.3 is 18.9 Å². The van der Waals surface area contributed by atoms with Crippen molar-refractivity contribution in [1.82, 2.24) is 9.29 Å². The molecule has 0 fully saturated rings. The minimum Gasteiger partial charge on any atom is -0.493 e. The van der Waals surface area contributed by atoms with Crippen LogP contribution in [0.3, 0.4) is 0 Å². The first-order valence-electron chi connectivity index (χ1n) is 11.0. The van der Waals surface area contributed by atoms with Gasteiger partial charge in [-0.2, -0.15) is 4.31 Å². The van der Waals surface area contributed by atoms with Gasteiger partial charge in [0.1, 0.15) is 5.76 Å². The highest BCUT2D eigenvalue weighted by Crippen LogP contribution is 2.32. The van der Waals surface area contributed by atoms with Gasteiger partial charge in [-0.3, -0.25) is 4.79 Å². The summed E-state index contributed by atoms with van der Waals surface area (Å²) >= 11 is 0. The fraction of sp³-hybridized carbons (Fsp3) is 0.269.